The predicted molar refractivity (Wildman–Crippen MR) is 46.0 cm³/mol. The van der Waals surface area contributed by atoms with Gasteiger partial charge in [-0.3, -0.25) is 4.79 Å². The number of rotatable bonds is 2. The molecule has 66 valence electrons. The smallest absolute Gasteiger partial charge is 0.305 e. The zero-order chi connectivity index (χ0) is 9.26. The number of hydrogen-bond acceptors (Lipinski definition) is 3. The first kappa shape index (κ1) is 7.91. The molecule has 0 bridgehead atoms. The van der Waals surface area contributed by atoms with Crippen molar-refractivity contribution in [3.63, 3.8) is 0 Å². The Morgan fingerprint density at radius 2 is 2.23 bits per heavy atom. The van der Waals surface area contributed by atoms with Gasteiger partial charge < -0.3 is 5.11 Å². The van der Waals surface area contributed by atoms with Gasteiger partial charge in [0, 0.05) is 5.56 Å². The number of hydrogen-bond donors (Lipinski definition) is 1. The zero-order valence-electron chi connectivity index (χ0n) is 6.84. The number of benzene rings is 1. The summed E-state index contributed by atoms with van der Waals surface area (Å²) in [6.07, 6.45) is 0.0144. The minimum absolute atomic E-state index is 0.0144. The fourth-order valence-electron chi connectivity index (χ4n) is 1.37. The summed E-state index contributed by atoms with van der Waals surface area (Å²) >= 11 is 0. The predicted octanol–water partition coefficient (Wildman–Crippen LogP) is 2.30. The van der Waals surface area contributed by atoms with E-state index in [1.165, 1.54) is 0 Å². The Hall–Kier alpha value is -1.71. The Labute approximate surface area is 74.9 Å². The van der Waals surface area contributed by atoms with Gasteiger partial charge in [-0.15, -0.1) is 0 Å². The Morgan fingerprint density at radius 1 is 1.46 bits per heavy atom. The number of carbonyl (C=O) groups is 1. The normalized spacial score (nSPS) is 18.6. The number of nitrogens with zero attached hydrogens (tertiary/aromatic N) is 2. The van der Waals surface area contributed by atoms with Gasteiger partial charge in [0.2, 0.25) is 0 Å². The zero-order valence-corrected chi connectivity index (χ0v) is 6.84. The number of carboxylic acid groups (broad SMARTS) is 1. The average molecular weight is 176 g/mol. The van der Waals surface area contributed by atoms with Crippen LogP contribution in [0, 0.1) is 0 Å². The van der Waals surface area contributed by atoms with Crippen LogP contribution in [-0.2, 0) is 4.79 Å². The van der Waals surface area contributed by atoms with Crippen LogP contribution in [0.2, 0.25) is 0 Å². The molecule has 13 heavy (non-hydrogen) atoms. The number of carboxylic acids is 1. The summed E-state index contributed by atoms with van der Waals surface area (Å²) in [6, 6.07) is 7.13. The van der Waals surface area contributed by atoms with Gasteiger partial charge >= 0.3 is 5.97 Å². The quantitative estimate of drug-likeness (QED) is 0.751. The Bertz CT molecular complexity index is 374. The van der Waals surface area contributed by atoms with E-state index in [1.807, 2.05) is 24.3 Å². The lowest BCUT2D eigenvalue weighted by Gasteiger charge is -2.02. The fourth-order valence-corrected chi connectivity index (χ4v) is 1.37. The number of fused-ring (bicyclic) bond motifs is 1. The van der Waals surface area contributed by atoms with Crippen molar-refractivity contribution < 1.29 is 9.90 Å². The molecule has 1 aliphatic heterocycles. The molecule has 4 nitrogen and oxygen atoms in total. The van der Waals surface area contributed by atoms with Crippen LogP contribution in [0.25, 0.3) is 0 Å². The molecule has 4 heteroatoms. The SMILES string of the molecule is O=C(O)C[C@H]1N=Nc2ccccc21. The molecule has 1 heterocycles. The van der Waals surface area contributed by atoms with Crippen molar-refractivity contribution >= 4 is 11.7 Å². The van der Waals surface area contributed by atoms with Gasteiger partial charge in [-0.2, -0.15) is 10.2 Å². The maximum atomic E-state index is 10.5. The molecule has 1 aromatic rings. The summed E-state index contributed by atoms with van der Waals surface area (Å²) < 4.78 is 0. The second kappa shape index (κ2) is 2.97. The number of aliphatic carboxylic acids is 1. The lowest BCUT2D eigenvalue weighted by Crippen LogP contribution is -2.01. The molecule has 0 spiro atoms. The topological polar surface area (TPSA) is 62.0 Å². The molecule has 0 unspecified atom stereocenters. The minimum Gasteiger partial charge on any atom is -0.481 e. The summed E-state index contributed by atoms with van der Waals surface area (Å²) in [5.74, 6) is -0.847. The summed E-state index contributed by atoms with van der Waals surface area (Å²) in [4.78, 5) is 10.5. The molecular weight excluding hydrogens is 168 g/mol. The summed E-state index contributed by atoms with van der Waals surface area (Å²) in [7, 11) is 0. The third kappa shape index (κ3) is 1.42. The molecule has 1 N–H and O–H groups in total. The van der Waals surface area contributed by atoms with Gasteiger partial charge in [0.15, 0.2) is 0 Å². The van der Waals surface area contributed by atoms with Crippen molar-refractivity contribution in [3.8, 4) is 0 Å². The van der Waals surface area contributed by atoms with Gasteiger partial charge in [0.25, 0.3) is 0 Å². The van der Waals surface area contributed by atoms with Crippen molar-refractivity contribution in [2.24, 2.45) is 10.2 Å². The van der Waals surface area contributed by atoms with E-state index >= 15 is 0 Å². The molecule has 1 aliphatic rings. The largest absolute Gasteiger partial charge is 0.481 e. The summed E-state index contributed by atoms with van der Waals surface area (Å²) in [5.41, 5.74) is 1.69. The minimum atomic E-state index is -0.847. The highest BCUT2D eigenvalue weighted by atomic mass is 16.4. The van der Waals surface area contributed by atoms with Crippen LogP contribution in [-0.4, -0.2) is 11.1 Å². The van der Waals surface area contributed by atoms with Crippen LogP contribution < -0.4 is 0 Å². The first-order valence-corrected chi connectivity index (χ1v) is 3.99. The van der Waals surface area contributed by atoms with Gasteiger partial charge in [-0.1, -0.05) is 18.2 Å². The molecule has 0 radical (unpaired) electrons. The van der Waals surface area contributed by atoms with E-state index in [-0.39, 0.29) is 12.5 Å². The molecule has 0 aliphatic carbocycles. The standard InChI is InChI=1S/C9H8N2O2/c12-9(13)5-8-6-3-1-2-4-7(6)10-11-8/h1-4,8H,5H2,(H,12,13)/t8-/m1/s1. The van der Waals surface area contributed by atoms with E-state index in [4.69, 9.17) is 5.11 Å². The fraction of sp³-hybridized carbons (Fsp3) is 0.222. The lowest BCUT2D eigenvalue weighted by atomic mass is 10.0. The highest BCUT2D eigenvalue weighted by Crippen LogP contribution is 2.36. The van der Waals surface area contributed by atoms with Gasteiger partial charge in [-0.05, 0) is 6.07 Å². The highest BCUT2D eigenvalue weighted by Gasteiger charge is 2.21. The first-order valence-electron chi connectivity index (χ1n) is 3.99. The van der Waals surface area contributed by atoms with Crippen LogP contribution >= 0.6 is 0 Å². The van der Waals surface area contributed by atoms with Gasteiger partial charge in [0.05, 0.1) is 12.1 Å². The van der Waals surface area contributed by atoms with Crippen molar-refractivity contribution in [2.45, 2.75) is 12.5 Å². The number of azo groups is 1. The van der Waals surface area contributed by atoms with Gasteiger partial charge in [-0.25, -0.2) is 0 Å². The average Bonchev–Trinajstić information content (AvgIpc) is 2.48. The maximum absolute atomic E-state index is 10.5. The Morgan fingerprint density at radius 3 is 3.00 bits per heavy atom. The monoisotopic (exact) mass is 176 g/mol. The van der Waals surface area contributed by atoms with E-state index in [2.05, 4.69) is 10.2 Å². The third-order valence-corrected chi connectivity index (χ3v) is 1.97. The molecule has 0 aromatic heterocycles. The second-order valence-corrected chi connectivity index (χ2v) is 2.89. The van der Waals surface area contributed by atoms with Crippen LogP contribution in [0.4, 0.5) is 5.69 Å². The van der Waals surface area contributed by atoms with E-state index < -0.39 is 5.97 Å². The molecule has 0 saturated carbocycles. The molecule has 1 atom stereocenters. The van der Waals surface area contributed by atoms with Gasteiger partial charge in [0.1, 0.15) is 6.04 Å². The van der Waals surface area contributed by atoms with Crippen LogP contribution in [0.3, 0.4) is 0 Å². The maximum Gasteiger partial charge on any atom is 0.305 e. The van der Waals surface area contributed by atoms with E-state index in [1.54, 1.807) is 0 Å². The molecule has 0 saturated heterocycles. The molecular formula is C9H8N2O2. The Kier molecular flexibility index (Phi) is 1.81. The van der Waals surface area contributed by atoms with Crippen LogP contribution in [0.5, 0.6) is 0 Å². The van der Waals surface area contributed by atoms with Crippen molar-refractivity contribution in [1.29, 1.82) is 0 Å². The van der Waals surface area contributed by atoms with E-state index in [0.717, 1.165) is 11.3 Å². The molecule has 0 fully saturated rings. The van der Waals surface area contributed by atoms with Crippen LogP contribution in [0.1, 0.15) is 18.0 Å². The van der Waals surface area contributed by atoms with Crippen molar-refractivity contribution in [3.05, 3.63) is 29.8 Å². The second-order valence-electron chi connectivity index (χ2n) is 2.89. The van der Waals surface area contributed by atoms with Crippen molar-refractivity contribution in [2.75, 3.05) is 0 Å². The lowest BCUT2D eigenvalue weighted by molar-refractivity contribution is -0.137. The van der Waals surface area contributed by atoms with Crippen LogP contribution in [0.15, 0.2) is 34.5 Å². The van der Waals surface area contributed by atoms with Crippen molar-refractivity contribution in [1.82, 2.24) is 0 Å². The Balaban J connectivity index is 2.28. The molecule has 1 aromatic carbocycles. The molecule has 2 rings (SSSR count). The van der Waals surface area contributed by atoms with E-state index in [0.29, 0.717) is 0 Å². The highest BCUT2D eigenvalue weighted by molar-refractivity contribution is 5.69. The van der Waals surface area contributed by atoms with E-state index in [9.17, 15) is 4.79 Å². The third-order valence-electron chi connectivity index (χ3n) is 1.97. The first-order chi connectivity index (χ1) is 6.27. The summed E-state index contributed by atoms with van der Waals surface area (Å²) in [5, 5.41) is 16.4. The molecule has 0 amide bonds. The summed E-state index contributed by atoms with van der Waals surface area (Å²) in [6.45, 7) is 0.